The average Bonchev–Trinajstić information content (AvgIpc) is 2.47. The highest BCUT2D eigenvalue weighted by Gasteiger charge is 2.29. The van der Waals surface area contributed by atoms with Crippen molar-refractivity contribution in [2.75, 3.05) is 0 Å². The van der Waals surface area contributed by atoms with Crippen LogP contribution >= 0.6 is 0 Å². The van der Waals surface area contributed by atoms with Crippen molar-refractivity contribution < 1.29 is 14.6 Å². The Hall–Kier alpha value is -0.570. The van der Waals surface area contributed by atoms with Gasteiger partial charge >= 0.3 is 5.97 Å². The number of hydrogen-bond donors (Lipinski definition) is 1. The molecule has 0 aromatic rings. The standard InChI is InChI=1S/C9H16O3/c1-2-3-4-7(10)8-5-6-9(11)12-8/h7-8,10H,2-6H2,1H3/t7-,8-/m0/s1. The van der Waals surface area contributed by atoms with Gasteiger partial charge in [-0.25, -0.2) is 0 Å². The van der Waals surface area contributed by atoms with Gasteiger partial charge in [0.05, 0.1) is 6.10 Å². The van der Waals surface area contributed by atoms with E-state index in [0.29, 0.717) is 12.8 Å². The van der Waals surface area contributed by atoms with Crippen LogP contribution in [0, 0.1) is 0 Å². The van der Waals surface area contributed by atoms with Crippen LogP contribution in [0.15, 0.2) is 0 Å². The van der Waals surface area contributed by atoms with E-state index >= 15 is 0 Å². The molecule has 0 radical (unpaired) electrons. The molecule has 12 heavy (non-hydrogen) atoms. The molecule has 1 heterocycles. The number of cyclic esters (lactones) is 1. The highest BCUT2D eigenvalue weighted by Crippen LogP contribution is 2.19. The van der Waals surface area contributed by atoms with Crippen molar-refractivity contribution >= 4 is 5.97 Å². The van der Waals surface area contributed by atoms with Crippen molar-refractivity contribution in [1.29, 1.82) is 0 Å². The molecule has 0 aromatic carbocycles. The highest BCUT2D eigenvalue weighted by molar-refractivity contribution is 5.71. The van der Waals surface area contributed by atoms with E-state index in [2.05, 4.69) is 6.92 Å². The van der Waals surface area contributed by atoms with Gasteiger partial charge in [-0.1, -0.05) is 19.8 Å². The first-order valence-corrected chi connectivity index (χ1v) is 4.61. The second-order valence-electron chi connectivity index (χ2n) is 3.28. The minimum Gasteiger partial charge on any atom is -0.460 e. The van der Waals surface area contributed by atoms with Gasteiger partial charge in [0.25, 0.3) is 0 Å². The van der Waals surface area contributed by atoms with Gasteiger partial charge in [0, 0.05) is 6.42 Å². The number of aliphatic hydroxyl groups excluding tert-OH is 1. The first-order valence-electron chi connectivity index (χ1n) is 4.61. The zero-order chi connectivity index (χ0) is 8.97. The molecule has 70 valence electrons. The number of unbranched alkanes of at least 4 members (excludes halogenated alkanes) is 1. The van der Waals surface area contributed by atoms with E-state index in [-0.39, 0.29) is 12.1 Å². The van der Waals surface area contributed by atoms with E-state index in [4.69, 9.17) is 4.74 Å². The Kier molecular flexibility index (Phi) is 3.53. The summed E-state index contributed by atoms with van der Waals surface area (Å²) in [5.74, 6) is -0.171. The monoisotopic (exact) mass is 172 g/mol. The number of aliphatic hydroxyl groups is 1. The molecule has 0 aliphatic carbocycles. The van der Waals surface area contributed by atoms with Crippen LogP contribution in [0.4, 0.5) is 0 Å². The smallest absolute Gasteiger partial charge is 0.306 e. The number of carbonyl (C=O) groups is 1. The molecule has 0 aromatic heterocycles. The zero-order valence-electron chi connectivity index (χ0n) is 7.45. The van der Waals surface area contributed by atoms with E-state index in [9.17, 15) is 9.90 Å². The molecule has 1 aliphatic rings. The topological polar surface area (TPSA) is 46.5 Å². The van der Waals surface area contributed by atoms with Crippen molar-refractivity contribution in [1.82, 2.24) is 0 Å². The van der Waals surface area contributed by atoms with Crippen LogP contribution in [0.3, 0.4) is 0 Å². The first-order chi connectivity index (χ1) is 5.74. The summed E-state index contributed by atoms with van der Waals surface area (Å²) in [6, 6.07) is 0. The molecule has 2 atom stereocenters. The number of esters is 1. The summed E-state index contributed by atoms with van der Waals surface area (Å²) in [4.78, 5) is 10.7. The molecular formula is C9H16O3. The van der Waals surface area contributed by atoms with Crippen LogP contribution < -0.4 is 0 Å². The van der Waals surface area contributed by atoms with Crippen LogP contribution in [0.2, 0.25) is 0 Å². The molecule has 3 heteroatoms. The average molecular weight is 172 g/mol. The van der Waals surface area contributed by atoms with Crippen LogP contribution in [0.1, 0.15) is 39.0 Å². The molecule has 1 fully saturated rings. The Bertz CT molecular complexity index is 156. The Morgan fingerprint density at radius 2 is 2.50 bits per heavy atom. The third-order valence-corrected chi connectivity index (χ3v) is 2.20. The summed E-state index contributed by atoms with van der Waals surface area (Å²) in [5, 5.41) is 9.52. The number of hydrogen-bond acceptors (Lipinski definition) is 3. The second kappa shape index (κ2) is 4.45. The normalized spacial score (nSPS) is 25.5. The van der Waals surface area contributed by atoms with Gasteiger partial charge in [0.15, 0.2) is 0 Å². The lowest BCUT2D eigenvalue weighted by Crippen LogP contribution is -2.25. The molecule has 1 rings (SSSR count). The number of rotatable bonds is 4. The van der Waals surface area contributed by atoms with Crippen LogP contribution in [-0.4, -0.2) is 23.3 Å². The van der Waals surface area contributed by atoms with Crippen molar-refractivity contribution in [2.45, 2.75) is 51.2 Å². The number of carbonyl (C=O) groups excluding carboxylic acids is 1. The SMILES string of the molecule is CCCC[C@H](O)[C@@H]1CCC(=O)O1. The molecule has 0 spiro atoms. The van der Waals surface area contributed by atoms with E-state index in [1.165, 1.54) is 0 Å². The predicted octanol–water partition coefficient (Wildman–Crippen LogP) is 1.24. The molecule has 0 amide bonds. The van der Waals surface area contributed by atoms with Gasteiger partial charge in [-0.2, -0.15) is 0 Å². The fourth-order valence-electron chi connectivity index (χ4n) is 1.42. The third kappa shape index (κ3) is 2.48. The maximum Gasteiger partial charge on any atom is 0.306 e. The second-order valence-corrected chi connectivity index (χ2v) is 3.28. The lowest BCUT2D eigenvalue weighted by atomic mass is 10.1. The lowest BCUT2D eigenvalue weighted by Gasteiger charge is -2.15. The van der Waals surface area contributed by atoms with Crippen molar-refractivity contribution in [2.24, 2.45) is 0 Å². The van der Waals surface area contributed by atoms with E-state index in [1.807, 2.05) is 0 Å². The van der Waals surface area contributed by atoms with Crippen molar-refractivity contribution in [3.05, 3.63) is 0 Å². The Morgan fingerprint density at radius 1 is 1.75 bits per heavy atom. The molecule has 1 aliphatic heterocycles. The molecule has 1 N–H and O–H groups in total. The van der Waals surface area contributed by atoms with Gasteiger partial charge in [-0.15, -0.1) is 0 Å². The number of ether oxygens (including phenoxy) is 1. The van der Waals surface area contributed by atoms with Crippen molar-refractivity contribution in [3.8, 4) is 0 Å². The van der Waals surface area contributed by atoms with E-state index < -0.39 is 6.10 Å². The van der Waals surface area contributed by atoms with Crippen LogP contribution in [-0.2, 0) is 9.53 Å². The maximum atomic E-state index is 10.7. The van der Waals surface area contributed by atoms with Gasteiger partial charge in [-0.3, -0.25) is 4.79 Å². The quantitative estimate of drug-likeness (QED) is 0.649. The van der Waals surface area contributed by atoms with E-state index in [0.717, 1.165) is 19.3 Å². The van der Waals surface area contributed by atoms with Gasteiger partial charge in [0.2, 0.25) is 0 Å². The third-order valence-electron chi connectivity index (χ3n) is 2.20. The summed E-state index contributed by atoms with van der Waals surface area (Å²) >= 11 is 0. The maximum absolute atomic E-state index is 10.7. The van der Waals surface area contributed by atoms with Gasteiger partial charge in [0.1, 0.15) is 6.10 Å². The van der Waals surface area contributed by atoms with Crippen molar-refractivity contribution in [3.63, 3.8) is 0 Å². The first kappa shape index (κ1) is 9.52. The Morgan fingerprint density at radius 3 is 3.00 bits per heavy atom. The summed E-state index contributed by atoms with van der Waals surface area (Å²) < 4.78 is 4.93. The molecular weight excluding hydrogens is 156 g/mol. The van der Waals surface area contributed by atoms with Gasteiger partial charge < -0.3 is 9.84 Å². The highest BCUT2D eigenvalue weighted by atomic mass is 16.6. The Labute approximate surface area is 72.7 Å². The lowest BCUT2D eigenvalue weighted by molar-refractivity contribution is -0.145. The minimum absolute atomic E-state index is 0.171. The summed E-state index contributed by atoms with van der Waals surface area (Å²) in [6.45, 7) is 2.08. The Balaban J connectivity index is 2.23. The minimum atomic E-state index is -0.448. The largest absolute Gasteiger partial charge is 0.460 e. The summed E-state index contributed by atoms with van der Waals surface area (Å²) in [6.07, 6.45) is 3.28. The van der Waals surface area contributed by atoms with Gasteiger partial charge in [-0.05, 0) is 12.8 Å². The summed E-state index contributed by atoms with van der Waals surface area (Å²) in [5.41, 5.74) is 0. The molecule has 3 nitrogen and oxygen atoms in total. The summed E-state index contributed by atoms with van der Waals surface area (Å²) in [7, 11) is 0. The zero-order valence-corrected chi connectivity index (χ0v) is 7.45. The predicted molar refractivity (Wildman–Crippen MR) is 44.6 cm³/mol. The fraction of sp³-hybridized carbons (Fsp3) is 0.889. The molecule has 0 bridgehead atoms. The molecule has 0 unspecified atom stereocenters. The van der Waals surface area contributed by atoms with Crippen LogP contribution in [0.5, 0.6) is 0 Å². The van der Waals surface area contributed by atoms with Crippen LogP contribution in [0.25, 0.3) is 0 Å². The molecule has 1 saturated heterocycles. The fourth-order valence-corrected chi connectivity index (χ4v) is 1.42. The molecule has 0 saturated carbocycles. The van der Waals surface area contributed by atoms with E-state index in [1.54, 1.807) is 0 Å².